The summed E-state index contributed by atoms with van der Waals surface area (Å²) in [5.41, 5.74) is 7.97. The largest absolute Gasteiger partial charge is 0.389 e. The molecule has 0 saturated heterocycles. The van der Waals surface area contributed by atoms with Gasteiger partial charge in [0.15, 0.2) is 0 Å². The lowest BCUT2D eigenvalue weighted by atomic mass is 10.3. The molecule has 4 heteroatoms. The Morgan fingerprint density at radius 1 is 1.38 bits per heavy atom. The summed E-state index contributed by atoms with van der Waals surface area (Å²) >= 11 is 3.28. The van der Waals surface area contributed by atoms with Crippen LogP contribution in [-0.2, 0) is 0 Å². The number of nitrogens with two attached hydrogens (primary N) is 1. The van der Waals surface area contributed by atoms with Crippen molar-refractivity contribution in [3.05, 3.63) is 22.7 Å². The number of nitrogen functional groups attached to an aromatic ring is 1. The number of hydrogen-bond acceptors (Lipinski definition) is 4. The quantitative estimate of drug-likeness (QED) is 0.785. The Balaban J connectivity index is 2.53. The van der Waals surface area contributed by atoms with Gasteiger partial charge in [-0.1, -0.05) is 11.3 Å². The van der Waals surface area contributed by atoms with Gasteiger partial charge in [0.05, 0.1) is 10.6 Å². The molecule has 0 aromatic carbocycles. The van der Waals surface area contributed by atoms with E-state index in [1.54, 1.807) is 22.7 Å². The second kappa shape index (κ2) is 3.12. The number of hydrogen-bond donors (Lipinski definition) is 1. The summed E-state index contributed by atoms with van der Waals surface area (Å²) < 4.78 is 0. The topological polar surface area (TPSA) is 38.9 Å². The zero-order chi connectivity index (χ0) is 9.42. The highest BCUT2D eigenvalue weighted by atomic mass is 32.1. The Bertz CT molecular complexity index is 409. The second-order valence-corrected chi connectivity index (χ2v) is 4.85. The minimum absolute atomic E-state index is 0.822. The molecule has 0 amide bonds. The number of aryl methyl sites for hydroxylation is 2. The summed E-state index contributed by atoms with van der Waals surface area (Å²) in [6, 6.07) is 2.10. The van der Waals surface area contributed by atoms with Crippen LogP contribution < -0.4 is 5.73 Å². The lowest BCUT2D eigenvalue weighted by Crippen LogP contribution is -1.81. The van der Waals surface area contributed by atoms with Gasteiger partial charge in [0.2, 0.25) is 0 Å². The molecule has 0 unspecified atom stereocenters. The first-order valence-corrected chi connectivity index (χ1v) is 5.65. The molecule has 2 aromatic heterocycles. The van der Waals surface area contributed by atoms with E-state index in [2.05, 4.69) is 23.4 Å². The maximum atomic E-state index is 5.76. The molecule has 2 aromatic rings. The molecule has 2 rings (SSSR count). The van der Waals surface area contributed by atoms with E-state index in [1.165, 1.54) is 10.4 Å². The van der Waals surface area contributed by atoms with Gasteiger partial charge in [-0.2, -0.15) is 0 Å². The number of thiophene rings is 1. The first kappa shape index (κ1) is 8.72. The Labute approximate surface area is 85.1 Å². The van der Waals surface area contributed by atoms with E-state index in [0.717, 1.165) is 15.7 Å². The molecular weight excluding hydrogens is 200 g/mol. The van der Waals surface area contributed by atoms with Gasteiger partial charge in [-0.05, 0) is 30.9 Å². The lowest BCUT2D eigenvalue weighted by Gasteiger charge is -1.90. The summed E-state index contributed by atoms with van der Waals surface area (Å²) in [4.78, 5) is 5.66. The Kier molecular flexibility index (Phi) is 2.09. The van der Waals surface area contributed by atoms with E-state index in [-0.39, 0.29) is 0 Å². The molecule has 2 heterocycles. The minimum Gasteiger partial charge on any atom is -0.389 e. The maximum absolute atomic E-state index is 5.76. The van der Waals surface area contributed by atoms with Crippen LogP contribution in [0.25, 0.3) is 9.88 Å². The van der Waals surface area contributed by atoms with Gasteiger partial charge in [0.1, 0.15) is 10.0 Å². The Morgan fingerprint density at radius 3 is 2.62 bits per heavy atom. The fourth-order valence-corrected chi connectivity index (χ4v) is 3.01. The standard InChI is InChI=1S/C9H10N2S2/c1-5-3-4-12-7(5)9-11-6(2)8(10)13-9/h3-4H,10H2,1-2H3. The van der Waals surface area contributed by atoms with E-state index < -0.39 is 0 Å². The molecule has 0 bridgehead atoms. The molecule has 0 aliphatic carbocycles. The highest BCUT2D eigenvalue weighted by molar-refractivity contribution is 7.23. The van der Waals surface area contributed by atoms with Gasteiger partial charge < -0.3 is 5.73 Å². The highest BCUT2D eigenvalue weighted by Crippen LogP contribution is 2.34. The van der Waals surface area contributed by atoms with E-state index in [0.29, 0.717) is 0 Å². The van der Waals surface area contributed by atoms with Crippen LogP contribution in [0.5, 0.6) is 0 Å². The fourth-order valence-electron chi connectivity index (χ4n) is 1.10. The number of thiazole rings is 1. The van der Waals surface area contributed by atoms with Gasteiger partial charge in [0.25, 0.3) is 0 Å². The van der Waals surface area contributed by atoms with Crippen LogP contribution >= 0.6 is 22.7 Å². The number of rotatable bonds is 1. The molecule has 0 radical (unpaired) electrons. The van der Waals surface area contributed by atoms with Crippen LogP contribution in [0, 0.1) is 13.8 Å². The van der Waals surface area contributed by atoms with Crippen molar-refractivity contribution < 1.29 is 0 Å². The number of nitrogens with zero attached hydrogens (tertiary/aromatic N) is 1. The lowest BCUT2D eigenvalue weighted by molar-refractivity contribution is 1.27. The molecule has 0 fully saturated rings. The third kappa shape index (κ3) is 1.47. The van der Waals surface area contributed by atoms with Crippen LogP contribution in [0.1, 0.15) is 11.3 Å². The summed E-state index contributed by atoms with van der Waals surface area (Å²) in [5, 5.41) is 3.95. The van der Waals surface area contributed by atoms with E-state index in [9.17, 15) is 0 Å². The molecule has 2 N–H and O–H groups in total. The summed E-state index contributed by atoms with van der Waals surface area (Å²) in [6.07, 6.45) is 0. The van der Waals surface area contributed by atoms with E-state index in [4.69, 9.17) is 5.73 Å². The first-order valence-electron chi connectivity index (χ1n) is 3.96. The molecule has 0 atom stereocenters. The minimum atomic E-state index is 0.822. The molecule has 13 heavy (non-hydrogen) atoms. The zero-order valence-corrected chi connectivity index (χ0v) is 9.13. The van der Waals surface area contributed by atoms with Crippen molar-refractivity contribution in [3.63, 3.8) is 0 Å². The third-order valence-corrected chi connectivity index (χ3v) is 4.05. The molecule has 2 nitrogen and oxygen atoms in total. The normalized spacial score (nSPS) is 10.6. The van der Waals surface area contributed by atoms with Crippen molar-refractivity contribution in [2.24, 2.45) is 0 Å². The van der Waals surface area contributed by atoms with Crippen LogP contribution in [0.15, 0.2) is 11.4 Å². The van der Waals surface area contributed by atoms with Gasteiger partial charge in [-0.3, -0.25) is 0 Å². The number of aromatic nitrogens is 1. The summed E-state index contributed by atoms with van der Waals surface area (Å²) in [6.45, 7) is 4.04. The predicted octanol–water partition coefficient (Wildman–Crippen LogP) is 3.07. The van der Waals surface area contributed by atoms with E-state index in [1.807, 2.05) is 6.92 Å². The summed E-state index contributed by atoms with van der Waals surface area (Å²) in [5.74, 6) is 0. The maximum Gasteiger partial charge on any atom is 0.135 e. The van der Waals surface area contributed by atoms with Crippen LogP contribution in [0.3, 0.4) is 0 Å². The molecule has 0 aliphatic rings. The van der Waals surface area contributed by atoms with Gasteiger partial charge >= 0.3 is 0 Å². The van der Waals surface area contributed by atoms with Crippen molar-refractivity contribution in [2.75, 3.05) is 5.73 Å². The fraction of sp³-hybridized carbons (Fsp3) is 0.222. The van der Waals surface area contributed by atoms with E-state index >= 15 is 0 Å². The molecule has 0 aliphatic heterocycles. The van der Waals surface area contributed by atoms with Crippen LogP contribution in [0.4, 0.5) is 5.00 Å². The average molecular weight is 210 g/mol. The van der Waals surface area contributed by atoms with Gasteiger partial charge in [-0.15, -0.1) is 11.3 Å². The SMILES string of the molecule is Cc1ccsc1-c1nc(C)c(N)s1. The third-order valence-electron chi connectivity index (χ3n) is 1.89. The summed E-state index contributed by atoms with van der Waals surface area (Å²) in [7, 11) is 0. The van der Waals surface area contributed by atoms with Crippen molar-refractivity contribution >= 4 is 27.7 Å². The van der Waals surface area contributed by atoms with Crippen LogP contribution in [0.2, 0.25) is 0 Å². The predicted molar refractivity (Wildman–Crippen MR) is 59.3 cm³/mol. The monoisotopic (exact) mass is 210 g/mol. The molecule has 68 valence electrons. The van der Waals surface area contributed by atoms with Crippen molar-refractivity contribution in [1.29, 1.82) is 0 Å². The second-order valence-electron chi connectivity index (χ2n) is 2.90. The van der Waals surface area contributed by atoms with Crippen molar-refractivity contribution in [2.45, 2.75) is 13.8 Å². The smallest absolute Gasteiger partial charge is 0.135 e. The average Bonchev–Trinajstić information content (AvgIpc) is 2.60. The van der Waals surface area contributed by atoms with Gasteiger partial charge in [-0.25, -0.2) is 4.98 Å². The molecular formula is C9H10N2S2. The Hall–Kier alpha value is -0.870. The molecule has 0 saturated carbocycles. The number of anilines is 1. The highest BCUT2D eigenvalue weighted by Gasteiger charge is 2.09. The van der Waals surface area contributed by atoms with Gasteiger partial charge in [0, 0.05) is 0 Å². The van der Waals surface area contributed by atoms with Crippen molar-refractivity contribution in [1.82, 2.24) is 4.98 Å². The Morgan fingerprint density at radius 2 is 2.15 bits per heavy atom. The first-order chi connectivity index (χ1) is 6.18. The zero-order valence-electron chi connectivity index (χ0n) is 7.50. The van der Waals surface area contributed by atoms with Crippen molar-refractivity contribution in [3.8, 4) is 9.88 Å². The van der Waals surface area contributed by atoms with Crippen LogP contribution in [-0.4, -0.2) is 4.98 Å². The molecule has 0 spiro atoms.